The Kier molecular flexibility index (Phi) is 6.86. The van der Waals surface area contributed by atoms with Crippen molar-refractivity contribution in [3.05, 3.63) is 51.6 Å². The van der Waals surface area contributed by atoms with Crippen LogP contribution in [0.15, 0.2) is 40.7 Å². The summed E-state index contributed by atoms with van der Waals surface area (Å²) in [6, 6.07) is 10.2. The van der Waals surface area contributed by atoms with Crippen LogP contribution in [0.2, 0.25) is 0 Å². The topological polar surface area (TPSA) is 54.2 Å². The fourth-order valence-corrected chi connectivity index (χ4v) is 5.05. The van der Waals surface area contributed by atoms with E-state index in [4.69, 9.17) is 23.9 Å². The molecule has 1 fully saturated rings. The quantitative estimate of drug-likeness (QED) is 0.488. The summed E-state index contributed by atoms with van der Waals surface area (Å²) in [5.74, 6) is 1.84. The second-order valence-corrected chi connectivity index (χ2v) is 8.75. The van der Waals surface area contributed by atoms with E-state index in [1.807, 2.05) is 12.1 Å². The Morgan fingerprint density at radius 2 is 1.75 bits per heavy atom. The molecule has 170 valence electrons. The maximum atomic E-state index is 5.97. The predicted octanol–water partition coefficient (Wildman–Crippen LogP) is 5.27. The van der Waals surface area contributed by atoms with Gasteiger partial charge in [-0.2, -0.15) is 0 Å². The molecule has 1 aliphatic heterocycles. The van der Waals surface area contributed by atoms with Gasteiger partial charge in [0.05, 0.1) is 45.4 Å². The average Bonchev–Trinajstić information content (AvgIpc) is 3.46. The Morgan fingerprint density at radius 1 is 1.06 bits per heavy atom. The number of ether oxygens (including phenoxy) is 4. The number of aromatic nitrogens is 1. The van der Waals surface area contributed by atoms with Gasteiger partial charge in [0.15, 0.2) is 16.3 Å². The number of benzene rings is 2. The van der Waals surface area contributed by atoms with Gasteiger partial charge in [-0.15, -0.1) is 11.3 Å². The molecule has 1 saturated heterocycles. The Bertz CT molecular complexity index is 1110. The summed E-state index contributed by atoms with van der Waals surface area (Å²) < 4.78 is 24.9. The highest BCUT2D eigenvalue weighted by atomic mass is 32.1. The van der Waals surface area contributed by atoms with Crippen LogP contribution in [0.5, 0.6) is 17.2 Å². The molecule has 0 saturated carbocycles. The van der Waals surface area contributed by atoms with Gasteiger partial charge in [-0.3, -0.25) is 0 Å². The van der Waals surface area contributed by atoms with Gasteiger partial charge in [0.25, 0.3) is 0 Å². The largest absolute Gasteiger partial charge is 0.493 e. The number of thiazole rings is 1. The first-order valence-corrected chi connectivity index (χ1v) is 11.6. The van der Waals surface area contributed by atoms with Crippen molar-refractivity contribution in [3.63, 3.8) is 0 Å². The predicted molar refractivity (Wildman–Crippen MR) is 128 cm³/mol. The molecule has 0 spiro atoms. The van der Waals surface area contributed by atoms with Crippen LogP contribution in [-0.4, -0.2) is 38.6 Å². The average molecular weight is 455 g/mol. The molecule has 0 N–H and O–H groups in total. The molecule has 0 radical (unpaired) electrons. The maximum Gasteiger partial charge on any atom is 0.203 e. The van der Waals surface area contributed by atoms with Crippen LogP contribution >= 0.6 is 11.3 Å². The molecule has 1 aromatic heterocycles. The van der Waals surface area contributed by atoms with Crippen molar-refractivity contribution in [1.82, 2.24) is 4.57 Å². The molecule has 1 atom stereocenters. The minimum absolute atomic E-state index is 0.183. The van der Waals surface area contributed by atoms with E-state index in [9.17, 15) is 0 Å². The molecule has 0 aliphatic carbocycles. The van der Waals surface area contributed by atoms with Gasteiger partial charge >= 0.3 is 0 Å². The highest BCUT2D eigenvalue weighted by molar-refractivity contribution is 7.07. The second kappa shape index (κ2) is 9.79. The molecule has 4 rings (SSSR count). The van der Waals surface area contributed by atoms with E-state index in [0.29, 0.717) is 17.2 Å². The molecule has 1 aliphatic rings. The van der Waals surface area contributed by atoms with Gasteiger partial charge in [-0.1, -0.05) is 18.2 Å². The summed E-state index contributed by atoms with van der Waals surface area (Å²) in [6.45, 7) is 5.77. The number of hydrogen-bond acceptors (Lipinski definition) is 6. The van der Waals surface area contributed by atoms with Crippen LogP contribution in [0.3, 0.4) is 0 Å². The first-order chi connectivity index (χ1) is 15.5. The van der Waals surface area contributed by atoms with E-state index in [0.717, 1.165) is 58.9 Å². The van der Waals surface area contributed by atoms with E-state index in [-0.39, 0.29) is 6.10 Å². The normalized spacial score (nSPS) is 16.4. The van der Waals surface area contributed by atoms with Crippen molar-refractivity contribution < 1.29 is 18.9 Å². The zero-order valence-corrected chi connectivity index (χ0v) is 20.1. The molecule has 6 nitrogen and oxygen atoms in total. The Morgan fingerprint density at radius 3 is 2.31 bits per heavy atom. The fraction of sp³-hybridized carbons (Fsp3) is 0.400. The summed E-state index contributed by atoms with van der Waals surface area (Å²) in [5, 5.41) is 2.14. The molecular weight excluding hydrogens is 424 g/mol. The van der Waals surface area contributed by atoms with Crippen molar-refractivity contribution in [1.29, 1.82) is 0 Å². The van der Waals surface area contributed by atoms with Gasteiger partial charge in [0.2, 0.25) is 5.75 Å². The highest BCUT2D eigenvalue weighted by Crippen LogP contribution is 2.41. The summed E-state index contributed by atoms with van der Waals surface area (Å²) in [4.78, 5) is 6.03. The number of hydrogen-bond donors (Lipinski definition) is 0. The lowest BCUT2D eigenvalue weighted by Gasteiger charge is -2.17. The van der Waals surface area contributed by atoms with E-state index in [2.05, 4.69) is 42.0 Å². The molecule has 32 heavy (non-hydrogen) atoms. The zero-order chi connectivity index (χ0) is 22.7. The van der Waals surface area contributed by atoms with Crippen LogP contribution in [-0.2, 0) is 11.3 Å². The van der Waals surface area contributed by atoms with Gasteiger partial charge in [0, 0.05) is 17.6 Å². The van der Waals surface area contributed by atoms with Crippen LogP contribution in [0.1, 0.15) is 24.0 Å². The number of aryl methyl sites for hydroxylation is 2. The minimum Gasteiger partial charge on any atom is -0.493 e. The molecule has 1 unspecified atom stereocenters. The van der Waals surface area contributed by atoms with Gasteiger partial charge in [0.1, 0.15) is 0 Å². The van der Waals surface area contributed by atoms with Crippen LogP contribution in [0, 0.1) is 13.8 Å². The number of nitrogens with zero attached hydrogens (tertiary/aromatic N) is 2. The summed E-state index contributed by atoms with van der Waals surface area (Å²) in [5.41, 5.74) is 5.38. The lowest BCUT2D eigenvalue weighted by molar-refractivity contribution is 0.0968. The first-order valence-electron chi connectivity index (χ1n) is 10.8. The summed E-state index contributed by atoms with van der Waals surface area (Å²) >= 11 is 1.63. The van der Waals surface area contributed by atoms with E-state index >= 15 is 0 Å². The molecule has 0 bridgehead atoms. The monoisotopic (exact) mass is 454 g/mol. The minimum atomic E-state index is 0.183. The van der Waals surface area contributed by atoms with Crippen LogP contribution < -0.4 is 19.0 Å². The Balaban J connectivity index is 1.89. The fourth-order valence-electron chi connectivity index (χ4n) is 4.12. The van der Waals surface area contributed by atoms with Crippen molar-refractivity contribution in [2.45, 2.75) is 39.3 Å². The van der Waals surface area contributed by atoms with E-state index in [1.165, 1.54) is 0 Å². The molecule has 2 aromatic carbocycles. The van der Waals surface area contributed by atoms with Crippen molar-refractivity contribution in [2.24, 2.45) is 4.99 Å². The van der Waals surface area contributed by atoms with Crippen molar-refractivity contribution >= 4 is 17.0 Å². The highest BCUT2D eigenvalue weighted by Gasteiger charge is 2.21. The van der Waals surface area contributed by atoms with Crippen molar-refractivity contribution in [2.75, 3.05) is 27.9 Å². The van der Waals surface area contributed by atoms with Crippen LogP contribution in [0.4, 0.5) is 5.69 Å². The lowest BCUT2D eigenvalue weighted by Crippen LogP contribution is -2.24. The van der Waals surface area contributed by atoms with Gasteiger partial charge in [-0.25, -0.2) is 4.99 Å². The third kappa shape index (κ3) is 4.40. The third-order valence-electron chi connectivity index (χ3n) is 5.82. The number of para-hydroxylation sites is 1. The zero-order valence-electron chi connectivity index (χ0n) is 19.3. The Labute approximate surface area is 193 Å². The van der Waals surface area contributed by atoms with E-state index in [1.54, 1.807) is 32.7 Å². The standard InChI is InChI=1S/C25H30N2O4S/c1-16-8-6-9-17(2)23(16)26-25-27(14-19-10-7-11-31-19)20(15-32-25)18-12-21(28-3)24(30-5)22(13-18)29-4/h6,8-9,12-13,15,19H,7,10-11,14H2,1-5H3. The molecule has 7 heteroatoms. The van der Waals surface area contributed by atoms with E-state index < -0.39 is 0 Å². The number of methoxy groups -OCH3 is 3. The SMILES string of the molecule is COc1cc(-c2csc(=Nc3c(C)cccc3C)n2CC2CCCO2)cc(OC)c1OC. The molecule has 0 amide bonds. The summed E-state index contributed by atoms with van der Waals surface area (Å²) in [6.07, 6.45) is 2.33. The van der Waals surface area contributed by atoms with Gasteiger partial charge < -0.3 is 23.5 Å². The summed E-state index contributed by atoms with van der Waals surface area (Å²) in [7, 11) is 4.89. The van der Waals surface area contributed by atoms with Crippen molar-refractivity contribution in [3.8, 4) is 28.5 Å². The van der Waals surface area contributed by atoms with Crippen LogP contribution in [0.25, 0.3) is 11.3 Å². The lowest BCUT2D eigenvalue weighted by atomic mass is 10.1. The third-order valence-corrected chi connectivity index (χ3v) is 6.68. The molecule has 2 heterocycles. The Hall–Kier alpha value is -2.77. The smallest absolute Gasteiger partial charge is 0.203 e. The first kappa shape index (κ1) is 22.4. The molecular formula is C25H30N2O4S. The maximum absolute atomic E-state index is 5.97. The number of rotatable bonds is 7. The molecule has 3 aromatic rings. The van der Waals surface area contributed by atoms with Gasteiger partial charge in [-0.05, 0) is 49.9 Å². The second-order valence-electron chi connectivity index (χ2n) is 7.92.